The molecule has 108 valence electrons. The van der Waals surface area contributed by atoms with Crippen molar-refractivity contribution in [3.63, 3.8) is 0 Å². The normalized spacial score (nSPS) is 16.7. The lowest BCUT2D eigenvalue weighted by Gasteiger charge is -2.31. The zero-order chi connectivity index (χ0) is 14.2. The first-order chi connectivity index (χ1) is 9.81. The molecule has 0 aliphatic carbocycles. The zero-order valence-electron chi connectivity index (χ0n) is 12.3. The number of methoxy groups -OCH3 is 1. The predicted octanol–water partition coefficient (Wildman–Crippen LogP) is 1.86. The molecule has 20 heavy (non-hydrogen) atoms. The van der Waals surface area contributed by atoms with Crippen molar-refractivity contribution in [3.8, 4) is 11.8 Å². The van der Waals surface area contributed by atoms with Crippen molar-refractivity contribution in [1.82, 2.24) is 4.90 Å². The van der Waals surface area contributed by atoms with Gasteiger partial charge in [-0.05, 0) is 49.5 Å². The molecule has 0 spiro atoms. The molecule has 3 heteroatoms. The number of hydrogen-bond donors (Lipinski definition) is 1. The van der Waals surface area contributed by atoms with E-state index in [1.165, 1.54) is 31.5 Å². The van der Waals surface area contributed by atoms with Crippen molar-refractivity contribution in [2.45, 2.75) is 19.4 Å². The monoisotopic (exact) mass is 272 g/mol. The van der Waals surface area contributed by atoms with Crippen LogP contribution < -0.4 is 5.73 Å². The molecule has 0 aromatic heterocycles. The summed E-state index contributed by atoms with van der Waals surface area (Å²) in [5.74, 6) is 6.67. The van der Waals surface area contributed by atoms with Crippen LogP contribution in [-0.2, 0) is 11.3 Å². The van der Waals surface area contributed by atoms with E-state index in [4.69, 9.17) is 10.5 Å². The van der Waals surface area contributed by atoms with Crippen LogP contribution in [0.25, 0.3) is 0 Å². The molecular formula is C17H24N2O. The van der Waals surface area contributed by atoms with Crippen LogP contribution >= 0.6 is 0 Å². The molecule has 1 heterocycles. The first kappa shape index (κ1) is 15.1. The topological polar surface area (TPSA) is 38.5 Å². The number of rotatable bonds is 4. The summed E-state index contributed by atoms with van der Waals surface area (Å²) in [7, 11) is 1.79. The lowest BCUT2D eigenvalue weighted by molar-refractivity contribution is 0.0968. The SMILES string of the molecule is COCC1CCN(Cc2ccc(C#CCN)cc2)CC1. The Kier molecular flexibility index (Phi) is 6.07. The minimum Gasteiger partial charge on any atom is -0.384 e. The number of hydrogen-bond acceptors (Lipinski definition) is 3. The Balaban J connectivity index is 1.82. The molecule has 3 nitrogen and oxygen atoms in total. The maximum Gasteiger partial charge on any atom is 0.0555 e. The molecule has 1 saturated heterocycles. The third-order valence-electron chi connectivity index (χ3n) is 3.80. The van der Waals surface area contributed by atoms with E-state index in [1.54, 1.807) is 7.11 Å². The van der Waals surface area contributed by atoms with E-state index in [-0.39, 0.29) is 0 Å². The number of piperidine rings is 1. The van der Waals surface area contributed by atoms with Gasteiger partial charge in [0.1, 0.15) is 0 Å². The number of nitrogens with zero attached hydrogens (tertiary/aromatic N) is 1. The fourth-order valence-electron chi connectivity index (χ4n) is 2.65. The van der Waals surface area contributed by atoms with E-state index in [2.05, 4.69) is 41.0 Å². The van der Waals surface area contributed by atoms with E-state index in [0.29, 0.717) is 6.54 Å². The van der Waals surface area contributed by atoms with Crippen LogP contribution in [0.1, 0.15) is 24.0 Å². The Hall–Kier alpha value is -1.34. The average molecular weight is 272 g/mol. The van der Waals surface area contributed by atoms with Gasteiger partial charge in [0.25, 0.3) is 0 Å². The minimum atomic E-state index is 0.415. The summed E-state index contributed by atoms with van der Waals surface area (Å²) in [5.41, 5.74) is 7.77. The van der Waals surface area contributed by atoms with Gasteiger partial charge in [0, 0.05) is 25.8 Å². The Bertz CT molecular complexity index is 450. The third kappa shape index (κ3) is 4.64. The predicted molar refractivity (Wildman–Crippen MR) is 82.3 cm³/mol. The summed E-state index contributed by atoms with van der Waals surface area (Å²) in [4.78, 5) is 2.52. The van der Waals surface area contributed by atoms with Crippen molar-refractivity contribution >= 4 is 0 Å². The van der Waals surface area contributed by atoms with Crippen LogP contribution in [0.2, 0.25) is 0 Å². The van der Waals surface area contributed by atoms with Gasteiger partial charge < -0.3 is 10.5 Å². The molecule has 2 rings (SSSR count). The summed E-state index contributed by atoms with van der Waals surface area (Å²) in [6.45, 7) is 4.69. The fraction of sp³-hybridized carbons (Fsp3) is 0.529. The van der Waals surface area contributed by atoms with Crippen LogP contribution in [0.4, 0.5) is 0 Å². The molecule has 1 aliphatic heterocycles. The molecule has 1 aliphatic rings. The summed E-state index contributed by atoms with van der Waals surface area (Å²) in [6, 6.07) is 8.49. The molecule has 1 aromatic carbocycles. The van der Waals surface area contributed by atoms with Crippen LogP contribution in [-0.4, -0.2) is 38.3 Å². The smallest absolute Gasteiger partial charge is 0.0555 e. The third-order valence-corrected chi connectivity index (χ3v) is 3.80. The van der Waals surface area contributed by atoms with E-state index >= 15 is 0 Å². The molecule has 0 atom stereocenters. The van der Waals surface area contributed by atoms with Gasteiger partial charge in [-0.2, -0.15) is 0 Å². The van der Waals surface area contributed by atoms with Crippen molar-refractivity contribution in [3.05, 3.63) is 35.4 Å². The first-order valence-corrected chi connectivity index (χ1v) is 7.31. The van der Waals surface area contributed by atoms with Gasteiger partial charge in [0.2, 0.25) is 0 Å². The highest BCUT2D eigenvalue weighted by atomic mass is 16.5. The maximum atomic E-state index is 5.37. The van der Waals surface area contributed by atoms with Gasteiger partial charge in [0.15, 0.2) is 0 Å². The number of likely N-dealkylation sites (tertiary alicyclic amines) is 1. The van der Waals surface area contributed by atoms with Crippen molar-refractivity contribution < 1.29 is 4.74 Å². The van der Waals surface area contributed by atoms with E-state index < -0.39 is 0 Å². The largest absolute Gasteiger partial charge is 0.384 e. The second-order valence-electron chi connectivity index (χ2n) is 5.38. The molecular weight excluding hydrogens is 248 g/mol. The van der Waals surface area contributed by atoms with Crippen molar-refractivity contribution in [2.24, 2.45) is 11.7 Å². The van der Waals surface area contributed by atoms with Crippen molar-refractivity contribution in [1.29, 1.82) is 0 Å². The lowest BCUT2D eigenvalue weighted by atomic mass is 9.97. The first-order valence-electron chi connectivity index (χ1n) is 7.31. The van der Waals surface area contributed by atoms with E-state index in [9.17, 15) is 0 Å². The molecule has 0 radical (unpaired) electrons. The standard InChI is InChI=1S/C17H24N2O/c1-20-14-17-8-11-19(12-9-17)13-16-6-4-15(5-7-16)3-2-10-18/h4-7,17H,8-14,18H2,1H3. The summed E-state index contributed by atoms with van der Waals surface area (Å²) >= 11 is 0. The molecule has 0 saturated carbocycles. The molecule has 0 bridgehead atoms. The lowest BCUT2D eigenvalue weighted by Crippen LogP contribution is -2.34. The summed E-state index contributed by atoms with van der Waals surface area (Å²) in [6.07, 6.45) is 2.49. The Morgan fingerprint density at radius 2 is 1.95 bits per heavy atom. The van der Waals surface area contributed by atoms with Gasteiger partial charge >= 0.3 is 0 Å². The van der Waals surface area contributed by atoms with Gasteiger partial charge in [0.05, 0.1) is 6.54 Å². The molecule has 1 fully saturated rings. The molecule has 1 aromatic rings. The molecule has 0 amide bonds. The summed E-state index contributed by atoms with van der Waals surface area (Å²) in [5, 5.41) is 0. The van der Waals surface area contributed by atoms with Gasteiger partial charge in [-0.15, -0.1) is 0 Å². The number of benzene rings is 1. The second kappa shape index (κ2) is 8.06. The average Bonchev–Trinajstić information content (AvgIpc) is 2.49. The Morgan fingerprint density at radius 3 is 2.55 bits per heavy atom. The van der Waals surface area contributed by atoms with E-state index in [0.717, 1.165) is 24.6 Å². The molecule has 0 unspecified atom stereocenters. The highest BCUT2D eigenvalue weighted by Gasteiger charge is 2.18. The quantitative estimate of drug-likeness (QED) is 0.850. The van der Waals surface area contributed by atoms with Gasteiger partial charge in [-0.1, -0.05) is 24.0 Å². The molecule has 2 N–H and O–H groups in total. The van der Waals surface area contributed by atoms with E-state index in [1.807, 2.05) is 0 Å². The van der Waals surface area contributed by atoms with Crippen molar-refractivity contribution in [2.75, 3.05) is 33.4 Å². The fourth-order valence-corrected chi connectivity index (χ4v) is 2.65. The van der Waals surface area contributed by atoms with Crippen LogP contribution in [0, 0.1) is 17.8 Å². The highest BCUT2D eigenvalue weighted by molar-refractivity contribution is 5.36. The number of nitrogens with two attached hydrogens (primary N) is 1. The number of ether oxygens (including phenoxy) is 1. The van der Waals surface area contributed by atoms with Crippen LogP contribution in [0.3, 0.4) is 0 Å². The highest BCUT2D eigenvalue weighted by Crippen LogP contribution is 2.19. The van der Waals surface area contributed by atoms with Gasteiger partial charge in [-0.3, -0.25) is 4.90 Å². The summed E-state index contributed by atoms with van der Waals surface area (Å²) < 4.78 is 5.24. The van der Waals surface area contributed by atoms with Crippen LogP contribution in [0.5, 0.6) is 0 Å². The van der Waals surface area contributed by atoms with Crippen LogP contribution in [0.15, 0.2) is 24.3 Å². The second-order valence-corrected chi connectivity index (χ2v) is 5.38. The minimum absolute atomic E-state index is 0.415. The maximum absolute atomic E-state index is 5.37. The van der Waals surface area contributed by atoms with Gasteiger partial charge in [-0.25, -0.2) is 0 Å². The Morgan fingerprint density at radius 1 is 1.25 bits per heavy atom. The Labute approximate surface area is 122 Å². The zero-order valence-corrected chi connectivity index (χ0v) is 12.3.